The summed E-state index contributed by atoms with van der Waals surface area (Å²) >= 11 is 0. The molecule has 0 aliphatic rings. The van der Waals surface area contributed by atoms with Gasteiger partial charge >= 0.3 is 0 Å². The Morgan fingerprint density at radius 2 is 1.69 bits per heavy atom. The number of nitrogens with one attached hydrogen (secondary N) is 1. The third-order valence-electron chi connectivity index (χ3n) is 4.58. The summed E-state index contributed by atoms with van der Waals surface area (Å²) in [5.74, 6) is 0.748. The van der Waals surface area contributed by atoms with Crippen molar-refractivity contribution < 1.29 is 17.9 Å². The van der Waals surface area contributed by atoms with Gasteiger partial charge in [-0.25, -0.2) is 8.42 Å². The molecule has 6 nitrogen and oxygen atoms in total. The Kier molecular flexibility index (Phi) is 7.67. The van der Waals surface area contributed by atoms with Crippen LogP contribution >= 0.6 is 0 Å². The van der Waals surface area contributed by atoms with Crippen molar-refractivity contribution in [2.24, 2.45) is 0 Å². The zero-order valence-corrected chi connectivity index (χ0v) is 18.5. The summed E-state index contributed by atoms with van der Waals surface area (Å²) in [6.45, 7) is 8.26. The van der Waals surface area contributed by atoms with Gasteiger partial charge in [0.25, 0.3) is 0 Å². The van der Waals surface area contributed by atoms with E-state index in [0.29, 0.717) is 18.2 Å². The maximum absolute atomic E-state index is 12.6. The van der Waals surface area contributed by atoms with Crippen molar-refractivity contribution >= 4 is 21.6 Å². The summed E-state index contributed by atoms with van der Waals surface area (Å²) in [5, 5.41) is 2.77. The average molecular weight is 419 g/mol. The van der Waals surface area contributed by atoms with Crippen molar-refractivity contribution in [3.05, 3.63) is 59.7 Å². The van der Waals surface area contributed by atoms with Gasteiger partial charge < -0.3 is 10.1 Å². The number of sulfonamides is 1. The quantitative estimate of drug-likeness (QED) is 0.633. The largest absolute Gasteiger partial charge is 0.491 e. The zero-order valence-electron chi connectivity index (χ0n) is 17.7. The SMILES string of the molecule is Cc1ccc(N([C@@H](C)C(=O)NCCOc2ccccc2C(C)C)S(C)(=O)=O)cc1. The first-order chi connectivity index (χ1) is 13.6. The number of rotatable bonds is 9. The molecule has 0 aromatic heterocycles. The second-order valence-corrected chi connectivity index (χ2v) is 9.26. The molecule has 0 fully saturated rings. The maximum atomic E-state index is 12.6. The first-order valence-electron chi connectivity index (χ1n) is 9.66. The van der Waals surface area contributed by atoms with Crippen LogP contribution in [-0.4, -0.2) is 39.8 Å². The number of ether oxygens (including phenoxy) is 1. The van der Waals surface area contributed by atoms with Crippen molar-refractivity contribution in [1.82, 2.24) is 5.32 Å². The Bertz CT molecular complexity index is 924. The molecule has 0 saturated carbocycles. The van der Waals surface area contributed by atoms with Crippen LogP contribution in [0.2, 0.25) is 0 Å². The lowest BCUT2D eigenvalue weighted by molar-refractivity contribution is -0.121. The molecule has 158 valence electrons. The van der Waals surface area contributed by atoms with Crippen molar-refractivity contribution in [3.63, 3.8) is 0 Å². The number of benzene rings is 2. The van der Waals surface area contributed by atoms with E-state index in [2.05, 4.69) is 19.2 Å². The molecule has 7 heteroatoms. The van der Waals surface area contributed by atoms with Crippen LogP contribution in [0, 0.1) is 6.92 Å². The van der Waals surface area contributed by atoms with E-state index in [1.165, 1.54) is 0 Å². The number of nitrogens with zero attached hydrogens (tertiary/aromatic N) is 1. The Labute approximate surface area is 173 Å². The highest BCUT2D eigenvalue weighted by molar-refractivity contribution is 7.92. The topological polar surface area (TPSA) is 75.7 Å². The van der Waals surface area contributed by atoms with E-state index in [4.69, 9.17) is 4.74 Å². The van der Waals surface area contributed by atoms with E-state index in [-0.39, 0.29) is 12.5 Å². The highest BCUT2D eigenvalue weighted by Gasteiger charge is 2.28. The van der Waals surface area contributed by atoms with Gasteiger partial charge in [0.1, 0.15) is 18.4 Å². The van der Waals surface area contributed by atoms with Crippen LogP contribution in [0.15, 0.2) is 48.5 Å². The molecule has 0 aliphatic heterocycles. The van der Waals surface area contributed by atoms with Crippen molar-refractivity contribution in [2.75, 3.05) is 23.7 Å². The Morgan fingerprint density at radius 3 is 2.28 bits per heavy atom. The standard InChI is InChI=1S/C22H30N2O4S/c1-16(2)20-8-6-7-9-21(20)28-15-14-23-22(25)18(4)24(29(5,26)27)19-12-10-17(3)11-13-19/h6-13,16,18H,14-15H2,1-5H3,(H,23,25)/t18-/m0/s1. The molecule has 2 aromatic carbocycles. The van der Waals surface area contributed by atoms with Gasteiger partial charge in [-0.2, -0.15) is 0 Å². The summed E-state index contributed by atoms with van der Waals surface area (Å²) in [4.78, 5) is 12.6. The van der Waals surface area contributed by atoms with E-state index < -0.39 is 16.1 Å². The molecule has 1 amide bonds. The van der Waals surface area contributed by atoms with Crippen molar-refractivity contribution in [1.29, 1.82) is 0 Å². The van der Waals surface area contributed by atoms with Crippen LogP contribution in [-0.2, 0) is 14.8 Å². The predicted octanol–water partition coefficient (Wildman–Crippen LogP) is 3.47. The van der Waals surface area contributed by atoms with Crippen LogP contribution in [0.25, 0.3) is 0 Å². The molecule has 29 heavy (non-hydrogen) atoms. The van der Waals surface area contributed by atoms with Crippen LogP contribution < -0.4 is 14.4 Å². The van der Waals surface area contributed by atoms with E-state index in [0.717, 1.165) is 27.4 Å². The summed E-state index contributed by atoms with van der Waals surface area (Å²) < 4.78 is 31.5. The first kappa shape index (κ1) is 22.7. The fourth-order valence-corrected chi connectivity index (χ4v) is 4.25. The highest BCUT2D eigenvalue weighted by Crippen LogP contribution is 2.25. The predicted molar refractivity (Wildman–Crippen MR) is 117 cm³/mol. The van der Waals surface area contributed by atoms with E-state index in [1.807, 2.05) is 43.3 Å². The second-order valence-electron chi connectivity index (χ2n) is 7.40. The zero-order chi connectivity index (χ0) is 21.6. The Hall–Kier alpha value is -2.54. The van der Waals surface area contributed by atoms with Gasteiger partial charge in [0, 0.05) is 0 Å². The third-order valence-corrected chi connectivity index (χ3v) is 5.82. The van der Waals surface area contributed by atoms with Gasteiger partial charge in [-0.15, -0.1) is 0 Å². The number of aryl methyl sites for hydroxylation is 1. The van der Waals surface area contributed by atoms with E-state index in [1.54, 1.807) is 19.1 Å². The molecule has 0 saturated heterocycles. The van der Waals surface area contributed by atoms with Crippen molar-refractivity contribution in [3.8, 4) is 5.75 Å². The summed E-state index contributed by atoms with van der Waals surface area (Å²) in [6.07, 6.45) is 1.10. The first-order valence-corrected chi connectivity index (χ1v) is 11.5. The number of hydrogen-bond donors (Lipinski definition) is 1. The Balaban J connectivity index is 1.99. The number of carbonyl (C=O) groups is 1. The third kappa shape index (κ3) is 6.22. The monoisotopic (exact) mass is 418 g/mol. The van der Waals surface area contributed by atoms with Crippen LogP contribution in [0.3, 0.4) is 0 Å². The van der Waals surface area contributed by atoms with Gasteiger partial charge in [0.2, 0.25) is 15.9 Å². The summed E-state index contributed by atoms with van der Waals surface area (Å²) in [5.41, 5.74) is 2.58. The molecular formula is C22H30N2O4S. The van der Waals surface area contributed by atoms with Gasteiger partial charge in [-0.3, -0.25) is 9.10 Å². The summed E-state index contributed by atoms with van der Waals surface area (Å²) in [7, 11) is -3.62. The van der Waals surface area contributed by atoms with Crippen molar-refractivity contribution in [2.45, 2.75) is 39.7 Å². The molecule has 0 unspecified atom stereocenters. The molecule has 0 heterocycles. The number of para-hydroxylation sites is 1. The molecular weight excluding hydrogens is 388 g/mol. The smallest absolute Gasteiger partial charge is 0.243 e. The van der Waals surface area contributed by atoms with Crippen LogP contribution in [0.4, 0.5) is 5.69 Å². The molecule has 0 aliphatic carbocycles. The Morgan fingerprint density at radius 1 is 1.07 bits per heavy atom. The average Bonchev–Trinajstić information content (AvgIpc) is 2.65. The fraction of sp³-hybridized carbons (Fsp3) is 0.409. The molecule has 1 N–H and O–H groups in total. The van der Waals surface area contributed by atoms with Gasteiger partial charge in [-0.1, -0.05) is 49.7 Å². The number of anilines is 1. The molecule has 2 rings (SSSR count). The lowest BCUT2D eigenvalue weighted by Gasteiger charge is -2.28. The maximum Gasteiger partial charge on any atom is 0.243 e. The fourth-order valence-electron chi connectivity index (χ4n) is 3.07. The molecule has 0 radical (unpaired) electrons. The van der Waals surface area contributed by atoms with Gasteiger partial charge in [-0.05, 0) is 43.5 Å². The number of amides is 1. The lowest BCUT2D eigenvalue weighted by atomic mass is 10.0. The van der Waals surface area contributed by atoms with E-state index >= 15 is 0 Å². The summed E-state index contributed by atoms with van der Waals surface area (Å²) in [6, 6.07) is 14.0. The lowest BCUT2D eigenvalue weighted by Crippen LogP contribution is -2.48. The molecule has 0 spiro atoms. The minimum Gasteiger partial charge on any atom is -0.491 e. The van der Waals surface area contributed by atoms with Crippen LogP contribution in [0.1, 0.15) is 37.8 Å². The molecule has 2 aromatic rings. The molecule has 1 atom stereocenters. The normalized spacial score (nSPS) is 12.5. The van der Waals surface area contributed by atoms with Crippen LogP contribution in [0.5, 0.6) is 5.75 Å². The minimum absolute atomic E-state index is 0.279. The van der Waals surface area contributed by atoms with Gasteiger partial charge in [0.15, 0.2) is 0 Å². The second kappa shape index (κ2) is 9.78. The van der Waals surface area contributed by atoms with Gasteiger partial charge in [0.05, 0.1) is 18.5 Å². The number of carbonyl (C=O) groups excluding carboxylic acids is 1. The highest BCUT2D eigenvalue weighted by atomic mass is 32.2. The molecule has 0 bridgehead atoms. The number of hydrogen-bond acceptors (Lipinski definition) is 4. The van der Waals surface area contributed by atoms with E-state index in [9.17, 15) is 13.2 Å². The minimum atomic E-state index is -3.62.